The van der Waals surface area contributed by atoms with Crippen LogP contribution in [0.25, 0.3) is 0 Å². The molecule has 0 spiro atoms. The Morgan fingerprint density at radius 2 is 2.24 bits per heavy atom. The molecule has 0 radical (unpaired) electrons. The minimum absolute atomic E-state index is 0.228. The molecule has 0 bridgehead atoms. The minimum atomic E-state index is -0.393. The van der Waals surface area contributed by atoms with E-state index in [2.05, 4.69) is 45.1 Å². The lowest BCUT2D eigenvalue weighted by atomic mass is 9.88. The molecule has 1 aromatic heterocycles. The van der Waals surface area contributed by atoms with Crippen LogP contribution < -0.4 is 10.6 Å². The zero-order valence-electron chi connectivity index (χ0n) is 17.0. The van der Waals surface area contributed by atoms with E-state index < -0.39 is 5.82 Å². The van der Waals surface area contributed by atoms with Gasteiger partial charge in [0.2, 0.25) is 0 Å². The number of halogens is 1. The van der Waals surface area contributed by atoms with Gasteiger partial charge >= 0.3 is 0 Å². The average Bonchev–Trinajstić information content (AvgIpc) is 3.25. The monoisotopic (exact) mass is 413 g/mol. The number of piperidine rings is 1. The van der Waals surface area contributed by atoms with Crippen molar-refractivity contribution >= 4 is 17.3 Å². The van der Waals surface area contributed by atoms with Crippen LogP contribution in [0, 0.1) is 23.1 Å². The Bertz CT molecular complexity index is 859. The molecule has 0 saturated carbocycles. The highest BCUT2D eigenvalue weighted by molar-refractivity contribution is 7.10. The summed E-state index contributed by atoms with van der Waals surface area (Å²) in [6, 6.07) is 11.2. The highest BCUT2D eigenvalue weighted by atomic mass is 32.1. The molecule has 3 rings (SSSR count). The molecule has 2 N–H and O–H groups in total. The molecule has 1 aliphatic rings. The summed E-state index contributed by atoms with van der Waals surface area (Å²) in [6.07, 6.45) is 2.36. The van der Waals surface area contributed by atoms with Gasteiger partial charge in [-0.15, -0.1) is 11.3 Å². The average molecular weight is 414 g/mol. The molecule has 0 aliphatic carbocycles. The van der Waals surface area contributed by atoms with E-state index in [0.29, 0.717) is 29.0 Å². The summed E-state index contributed by atoms with van der Waals surface area (Å²) in [4.78, 5) is 8.40. The van der Waals surface area contributed by atoms with E-state index >= 15 is 0 Å². The summed E-state index contributed by atoms with van der Waals surface area (Å²) in [6.45, 7) is 4.91. The Balaban J connectivity index is 1.66. The molecule has 2 atom stereocenters. The van der Waals surface area contributed by atoms with Crippen molar-refractivity contribution in [3.05, 3.63) is 57.5 Å². The van der Waals surface area contributed by atoms with Crippen molar-refractivity contribution in [2.24, 2.45) is 10.9 Å². The first-order valence-electron chi connectivity index (χ1n) is 10.1. The van der Waals surface area contributed by atoms with Crippen molar-refractivity contribution in [3.63, 3.8) is 0 Å². The number of guanidine groups is 1. The van der Waals surface area contributed by atoms with Crippen molar-refractivity contribution in [3.8, 4) is 6.07 Å². The maximum absolute atomic E-state index is 14.1. The molecule has 7 heteroatoms. The molecule has 2 heterocycles. The fourth-order valence-corrected chi connectivity index (χ4v) is 4.84. The minimum Gasteiger partial charge on any atom is -0.357 e. The van der Waals surface area contributed by atoms with Crippen LogP contribution >= 0.6 is 11.3 Å². The van der Waals surface area contributed by atoms with E-state index in [1.807, 2.05) is 24.3 Å². The van der Waals surface area contributed by atoms with Crippen molar-refractivity contribution in [1.29, 1.82) is 5.26 Å². The predicted octanol–water partition coefficient (Wildman–Crippen LogP) is 3.90. The molecule has 154 valence electrons. The first kappa shape index (κ1) is 21.3. The highest BCUT2D eigenvalue weighted by Crippen LogP contribution is 2.36. The summed E-state index contributed by atoms with van der Waals surface area (Å²) in [5.74, 6) is 0.785. The van der Waals surface area contributed by atoms with Crippen molar-refractivity contribution in [1.82, 2.24) is 15.5 Å². The third-order valence-corrected chi connectivity index (χ3v) is 6.25. The topological polar surface area (TPSA) is 63.5 Å². The molecule has 2 unspecified atom stereocenters. The fraction of sp³-hybridized carbons (Fsp3) is 0.455. The first-order valence-corrected chi connectivity index (χ1v) is 10.9. The summed E-state index contributed by atoms with van der Waals surface area (Å²) in [5.41, 5.74) is 0.802. The summed E-state index contributed by atoms with van der Waals surface area (Å²) in [7, 11) is 2.20. The van der Waals surface area contributed by atoms with Crippen LogP contribution in [-0.4, -0.2) is 37.5 Å². The Kier molecular flexibility index (Phi) is 7.62. The van der Waals surface area contributed by atoms with Crippen LogP contribution in [0.15, 0.2) is 40.7 Å². The number of thiophene rings is 1. The lowest BCUT2D eigenvalue weighted by Gasteiger charge is -2.39. The summed E-state index contributed by atoms with van der Waals surface area (Å²) < 4.78 is 14.1. The van der Waals surface area contributed by atoms with Crippen LogP contribution in [0.5, 0.6) is 0 Å². The highest BCUT2D eigenvalue weighted by Gasteiger charge is 2.31. The number of nitrogens with one attached hydrogen (secondary N) is 2. The van der Waals surface area contributed by atoms with Crippen LogP contribution in [0.1, 0.15) is 41.8 Å². The standard InChI is InChI=1S/C22H28FN5S/c1-3-25-22(26-14-17-9-8-16(13-24)12-19(17)23)27-15-18-6-4-10-28(2)21(18)20-7-5-11-29-20/h5,7-9,11-12,18,21H,3-4,6,10,14-15H2,1-2H3,(H2,25,26,27). The van der Waals surface area contributed by atoms with E-state index in [4.69, 9.17) is 5.26 Å². The zero-order valence-corrected chi connectivity index (χ0v) is 17.8. The van der Waals surface area contributed by atoms with E-state index in [0.717, 1.165) is 19.6 Å². The quantitative estimate of drug-likeness (QED) is 0.557. The van der Waals surface area contributed by atoms with Crippen molar-refractivity contribution in [2.75, 3.05) is 26.7 Å². The molecule has 2 aromatic rings. The lowest BCUT2D eigenvalue weighted by molar-refractivity contribution is 0.125. The molecule has 1 aromatic carbocycles. The predicted molar refractivity (Wildman–Crippen MR) is 116 cm³/mol. The number of rotatable bonds is 6. The number of hydrogen-bond acceptors (Lipinski definition) is 4. The van der Waals surface area contributed by atoms with E-state index in [9.17, 15) is 4.39 Å². The molecular formula is C22H28FN5S. The second-order valence-electron chi connectivity index (χ2n) is 7.34. The number of aliphatic imine (C=N–C) groups is 1. The van der Waals surface area contributed by atoms with Crippen LogP contribution in [-0.2, 0) is 6.54 Å². The van der Waals surface area contributed by atoms with Gasteiger partial charge in [-0.2, -0.15) is 5.26 Å². The molecule has 0 amide bonds. The van der Waals surface area contributed by atoms with Crippen LogP contribution in [0.3, 0.4) is 0 Å². The zero-order chi connectivity index (χ0) is 20.6. The number of nitrogens with zero attached hydrogens (tertiary/aromatic N) is 3. The number of benzene rings is 1. The normalized spacial score (nSPS) is 20.3. The van der Waals surface area contributed by atoms with Gasteiger partial charge in [0.25, 0.3) is 0 Å². The van der Waals surface area contributed by atoms with E-state index in [1.54, 1.807) is 12.1 Å². The number of nitriles is 1. The third kappa shape index (κ3) is 5.55. The van der Waals surface area contributed by atoms with Crippen molar-refractivity contribution < 1.29 is 4.39 Å². The fourth-order valence-electron chi connectivity index (χ4n) is 3.86. The van der Waals surface area contributed by atoms with Crippen LogP contribution in [0.4, 0.5) is 4.39 Å². The van der Waals surface area contributed by atoms with Gasteiger partial charge in [0.05, 0.1) is 18.2 Å². The van der Waals surface area contributed by atoms with Crippen molar-refractivity contribution in [2.45, 2.75) is 32.4 Å². The SMILES string of the molecule is CCNC(=NCc1ccc(C#N)cc1F)NCC1CCCN(C)C1c1cccs1. The Hall–Kier alpha value is -2.43. The van der Waals surface area contributed by atoms with Gasteiger partial charge in [-0.1, -0.05) is 12.1 Å². The molecule has 1 saturated heterocycles. The van der Waals surface area contributed by atoms with Gasteiger partial charge in [-0.3, -0.25) is 4.90 Å². The molecule has 1 aliphatic heterocycles. The second kappa shape index (κ2) is 10.4. The summed E-state index contributed by atoms with van der Waals surface area (Å²) in [5, 5.41) is 17.7. The maximum Gasteiger partial charge on any atom is 0.191 e. The summed E-state index contributed by atoms with van der Waals surface area (Å²) >= 11 is 1.81. The van der Waals surface area contributed by atoms with Gasteiger partial charge in [0, 0.05) is 29.6 Å². The third-order valence-electron chi connectivity index (χ3n) is 5.31. The second-order valence-corrected chi connectivity index (χ2v) is 8.32. The van der Waals surface area contributed by atoms with Crippen LogP contribution in [0.2, 0.25) is 0 Å². The molecule has 5 nitrogen and oxygen atoms in total. The largest absolute Gasteiger partial charge is 0.357 e. The van der Waals surface area contributed by atoms with Gasteiger partial charge < -0.3 is 10.6 Å². The van der Waals surface area contributed by atoms with Gasteiger partial charge in [0.1, 0.15) is 5.82 Å². The first-order chi connectivity index (χ1) is 14.1. The Morgan fingerprint density at radius 1 is 1.38 bits per heavy atom. The van der Waals surface area contributed by atoms with E-state index in [1.165, 1.54) is 23.8 Å². The van der Waals surface area contributed by atoms with Gasteiger partial charge in [0.15, 0.2) is 5.96 Å². The van der Waals surface area contributed by atoms with E-state index in [-0.39, 0.29) is 6.54 Å². The number of hydrogen-bond donors (Lipinski definition) is 2. The molecule has 29 heavy (non-hydrogen) atoms. The molecular weight excluding hydrogens is 385 g/mol. The number of likely N-dealkylation sites (tertiary alicyclic amines) is 1. The van der Waals surface area contributed by atoms with Gasteiger partial charge in [-0.05, 0) is 62.9 Å². The molecule has 1 fully saturated rings. The van der Waals surface area contributed by atoms with Gasteiger partial charge in [-0.25, -0.2) is 9.38 Å². The Morgan fingerprint density at radius 3 is 2.93 bits per heavy atom. The lowest BCUT2D eigenvalue weighted by Crippen LogP contribution is -2.44. The maximum atomic E-state index is 14.1. The smallest absolute Gasteiger partial charge is 0.191 e. The Labute approximate surface area is 176 Å².